The smallest absolute Gasteiger partial charge is 0.276 e. The van der Waals surface area contributed by atoms with Crippen LogP contribution in [0.5, 0.6) is 0 Å². The summed E-state index contributed by atoms with van der Waals surface area (Å²) in [6.45, 7) is 2.92. The number of amides is 1. The van der Waals surface area contributed by atoms with Crippen LogP contribution in [0.1, 0.15) is 61.5 Å². The molecule has 0 unspecified atom stereocenters. The van der Waals surface area contributed by atoms with Crippen LogP contribution >= 0.6 is 24.8 Å². The van der Waals surface area contributed by atoms with Crippen molar-refractivity contribution in [2.24, 2.45) is 11.1 Å². The molecule has 160 valence electrons. The summed E-state index contributed by atoms with van der Waals surface area (Å²) >= 11 is 0. The maximum absolute atomic E-state index is 13.0. The SMILES string of the molecule is Cl.Cl.NC1CCC(n2cc(C(=O)N3CCC[C@]4(CNCC[C@@H]4O)C3)nn2)CC1. The van der Waals surface area contributed by atoms with Crippen LogP contribution in [0.25, 0.3) is 0 Å². The number of hydrogen-bond acceptors (Lipinski definition) is 6. The number of aliphatic hydroxyl groups excluding tert-OH is 1. The summed E-state index contributed by atoms with van der Waals surface area (Å²) < 4.78 is 1.84. The van der Waals surface area contributed by atoms with E-state index < -0.39 is 0 Å². The number of nitrogens with zero attached hydrogens (tertiary/aromatic N) is 4. The highest BCUT2D eigenvalue weighted by Gasteiger charge is 2.44. The lowest BCUT2D eigenvalue weighted by molar-refractivity contribution is -0.0434. The molecule has 1 spiro atoms. The summed E-state index contributed by atoms with van der Waals surface area (Å²) in [6, 6.07) is 0.580. The lowest BCUT2D eigenvalue weighted by Crippen LogP contribution is -2.58. The predicted octanol–water partition coefficient (Wildman–Crippen LogP) is 1.14. The fraction of sp³-hybridized carbons (Fsp3) is 0.833. The van der Waals surface area contributed by atoms with Crippen LogP contribution in [0, 0.1) is 5.41 Å². The number of hydrogen-bond donors (Lipinski definition) is 3. The zero-order chi connectivity index (χ0) is 18.1. The standard InChI is InChI=1S/C18H30N6O2.2ClH/c19-13-2-4-14(5-3-13)24-10-15(21-22-24)17(26)23-9-1-7-18(12-23)11-20-8-6-16(18)25;;/h10,13-14,16,20,25H,1-9,11-12,19H2;2*1H/t13?,14?,16-,18-;;/m0../s1. The number of carbonyl (C=O) groups is 1. The highest BCUT2D eigenvalue weighted by molar-refractivity contribution is 5.92. The van der Waals surface area contributed by atoms with E-state index >= 15 is 0 Å². The van der Waals surface area contributed by atoms with Crippen LogP contribution in [-0.2, 0) is 0 Å². The first-order valence-electron chi connectivity index (χ1n) is 9.93. The summed E-state index contributed by atoms with van der Waals surface area (Å²) in [5, 5.41) is 22.3. The molecule has 8 nitrogen and oxygen atoms in total. The van der Waals surface area contributed by atoms with Gasteiger partial charge in [-0.25, -0.2) is 4.68 Å². The Labute approximate surface area is 178 Å². The van der Waals surface area contributed by atoms with Crippen molar-refractivity contribution in [3.05, 3.63) is 11.9 Å². The molecule has 2 aliphatic heterocycles. The van der Waals surface area contributed by atoms with Crippen LogP contribution in [0.3, 0.4) is 0 Å². The monoisotopic (exact) mass is 434 g/mol. The first-order chi connectivity index (χ1) is 12.6. The second-order valence-electron chi connectivity index (χ2n) is 8.33. The average molecular weight is 435 g/mol. The maximum Gasteiger partial charge on any atom is 0.276 e. The summed E-state index contributed by atoms with van der Waals surface area (Å²) in [6.07, 6.45) is 8.04. The van der Waals surface area contributed by atoms with E-state index in [1.165, 1.54) is 0 Å². The van der Waals surface area contributed by atoms with Gasteiger partial charge in [0.05, 0.1) is 18.3 Å². The van der Waals surface area contributed by atoms with E-state index in [9.17, 15) is 9.90 Å². The molecule has 4 rings (SSSR count). The highest BCUT2D eigenvalue weighted by atomic mass is 35.5. The predicted molar refractivity (Wildman–Crippen MR) is 111 cm³/mol. The van der Waals surface area contributed by atoms with Crippen molar-refractivity contribution in [3.8, 4) is 0 Å². The molecule has 3 heterocycles. The lowest BCUT2D eigenvalue weighted by atomic mass is 9.72. The minimum atomic E-state index is -0.346. The number of halogens is 2. The Morgan fingerprint density at radius 1 is 1.25 bits per heavy atom. The first kappa shape index (κ1) is 23.3. The number of nitrogens with one attached hydrogen (secondary N) is 1. The Morgan fingerprint density at radius 3 is 2.71 bits per heavy atom. The quantitative estimate of drug-likeness (QED) is 0.643. The van der Waals surface area contributed by atoms with E-state index in [1.54, 1.807) is 6.20 Å². The molecule has 3 fully saturated rings. The molecular formula is C18H32Cl2N6O2. The molecule has 4 N–H and O–H groups in total. The maximum atomic E-state index is 13.0. The summed E-state index contributed by atoms with van der Waals surface area (Å²) in [5.41, 5.74) is 6.17. The van der Waals surface area contributed by atoms with E-state index in [-0.39, 0.29) is 48.3 Å². The van der Waals surface area contributed by atoms with Gasteiger partial charge in [-0.05, 0) is 51.5 Å². The number of aromatic nitrogens is 3. The van der Waals surface area contributed by atoms with Gasteiger partial charge >= 0.3 is 0 Å². The van der Waals surface area contributed by atoms with Gasteiger partial charge in [-0.2, -0.15) is 0 Å². The van der Waals surface area contributed by atoms with Crippen LogP contribution in [0.15, 0.2) is 6.20 Å². The lowest BCUT2D eigenvalue weighted by Gasteiger charge is -2.48. The molecule has 1 saturated carbocycles. The molecule has 0 aromatic carbocycles. The number of likely N-dealkylation sites (tertiary alicyclic amines) is 1. The van der Waals surface area contributed by atoms with E-state index in [0.717, 1.165) is 64.6 Å². The molecule has 1 aromatic heterocycles. The van der Waals surface area contributed by atoms with E-state index in [4.69, 9.17) is 5.73 Å². The fourth-order valence-electron chi connectivity index (χ4n) is 4.83. The fourth-order valence-corrected chi connectivity index (χ4v) is 4.83. The van der Waals surface area contributed by atoms with Crippen molar-refractivity contribution in [2.75, 3.05) is 26.2 Å². The molecule has 2 atom stereocenters. The number of rotatable bonds is 2. The van der Waals surface area contributed by atoms with Crippen molar-refractivity contribution >= 4 is 30.7 Å². The van der Waals surface area contributed by atoms with E-state index in [0.29, 0.717) is 18.3 Å². The molecule has 3 aliphatic rings. The van der Waals surface area contributed by atoms with E-state index in [2.05, 4.69) is 15.6 Å². The molecule has 0 radical (unpaired) electrons. The first-order valence-corrected chi connectivity index (χ1v) is 9.93. The topological polar surface area (TPSA) is 109 Å². The van der Waals surface area contributed by atoms with Crippen LogP contribution < -0.4 is 11.1 Å². The summed E-state index contributed by atoms with van der Waals surface area (Å²) in [4.78, 5) is 14.8. The Morgan fingerprint density at radius 2 is 2.00 bits per heavy atom. The Hall–Kier alpha value is -0.930. The minimum absolute atomic E-state index is 0. The van der Waals surface area contributed by atoms with Crippen molar-refractivity contribution < 1.29 is 9.90 Å². The molecule has 10 heteroatoms. The van der Waals surface area contributed by atoms with Crippen LogP contribution in [0.2, 0.25) is 0 Å². The molecule has 0 bridgehead atoms. The third kappa shape index (κ3) is 4.62. The van der Waals surface area contributed by atoms with Crippen molar-refractivity contribution in [1.82, 2.24) is 25.2 Å². The van der Waals surface area contributed by atoms with Crippen LogP contribution in [0.4, 0.5) is 0 Å². The highest BCUT2D eigenvalue weighted by Crippen LogP contribution is 2.36. The van der Waals surface area contributed by atoms with Gasteiger partial charge in [0, 0.05) is 31.1 Å². The summed E-state index contributed by atoms with van der Waals surface area (Å²) in [5.74, 6) is -0.0689. The van der Waals surface area contributed by atoms with Crippen molar-refractivity contribution in [2.45, 2.75) is 63.1 Å². The summed E-state index contributed by atoms with van der Waals surface area (Å²) in [7, 11) is 0. The van der Waals surface area contributed by atoms with Crippen molar-refractivity contribution in [3.63, 3.8) is 0 Å². The molecule has 1 aliphatic carbocycles. The third-order valence-corrected chi connectivity index (χ3v) is 6.52. The number of carbonyl (C=O) groups excluding carboxylic acids is 1. The average Bonchev–Trinajstić information content (AvgIpc) is 3.15. The number of aliphatic hydroxyl groups is 1. The zero-order valence-electron chi connectivity index (χ0n) is 16.1. The van der Waals surface area contributed by atoms with Gasteiger partial charge in [0.15, 0.2) is 5.69 Å². The Balaban J connectivity index is 0.00000140. The molecule has 28 heavy (non-hydrogen) atoms. The molecule has 1 amide bonds. The number of nitrogens with two attached hydrogens (primary N) is 1. The van der Waals surface area contributed by atoms with Gasteiger partial charge < -0.3 is 21.1 Å². The van der Waals surface area contributed by atoms with Gasteiger partial charge in [0.25, 0.3) is 5.91 Å². The number of piperidine rings is 2. The van der Waals surface area contributed by atoms with Gasteiger partial charge in [0.1, 0.15) is 0 Å². The van der Waals surface area contributed by atoms with Crippen LogP contribution in [-0.4, -0.2) is 69.2 Å². The second-order valence-corrected chi connectivity index (χ2v) is 8.33. The van der Waals surface area contributed by atoms with Gasteiger partial charge in [-0.1, -0.05) is 5.21 Å². The van der Waals surface area contributed by atoms with Gasteiger partial charge in [-0.15, -0.1) is 29.9 Å². The Kier molecular flexibility index (Phi) is 8.10. The van der Waals surface area contributed by atoms with Gasteiger partial charge in [0.2, 0.25) is 0 Å². The normalized spacial score (nSPS) is 33.1. The second kappa shape index (κ2) is 9.71. The van der Waals surface area contributed by atoms with E-state index in [1.807, 2.05) is 9.58 Å². The minimum Gasteiger partial charge on any atom is -0.392 e. The molecule has 1 aromatic rings. The molecule has 2 saturated heterocycles. The third-order valence-electron chi connectivity index (χ3n) is 6.52. The van der Waals surface area contributed by atoms with Crippen molar-refractivity contribution in [1.29, 1.82) is 0 Å². The zero-order valence-corrected chi connectivity index (χ0v) is 17.8. The molecular weight excluding hydrogens is 403 g/mol. The Bertz CT molecular complexity index is 648. The van der Waals surface area contributed by atoms with Gasteiger partial charge in [-0.3, -0.25) is 4.79 Å². The largest absolute Gasteiger partial charge is 0.392 e.